The van der Waals surface area contributed by atoms with Crippen molar-refractivity contribution >= 4 is 29.0 Å². The van der Waals surface area contributed by atoms with Crippen molar-refractivity contribution < 1.29 is 9.59 Å². The van der Waals surface area contributed by atoms with Crippen LogP contribution in [0.3, 0.4) is 0 Å². The second-order valence-electron chi connectivity index (χ2n) is 7.58. The zero-order valence-corrected chi connectivity index (χ0v) is 16.9. The Hall–Kier alpha value is -2.92. The number of fused-ring (bicyclic) bond motifs is 1. The minimum absolute atomic E-state index is 0.100. The molecule has 1 aliphatic rings. The van der Waals surface area contributed by atoms with Crippen LogP contribution < -0.4 is 5.32 Å². The number of aryl methyl sites for hydroxylation is 1. The minimum atomic E-state index is -0.234. The maximum atomic E-state index is 12.9. The van der Waals surface area contributed by atoms with Crippen LogP contribution in [-0.2, 0) is 24.2 Å². The van der Waals surface area contributed by atoms with Gasteiger partial charge in [0.15, 0.2) is 5.78 Å². The SMILES string of the molecule is C[C@@H]1CCc2nn(CC(=O)Nc3ccc(Cl)cc3C(=O)c3ccccc3)cc2C1. The van der Waals surface area contributed by atoms with Gasteiger partial charge >= 0.3 is 0 Å². The number of carbonyl (C=O) groups excluding carboxylic acids is 2. The fourth-order valence-corrected chi connectivity index (χ4v) is 3.89. The molecule has 148 valence electrons. The highest BCUT2D eigenvalue weighted by Crippen LogP contribution is 2.25. The van der Waals surface area contributed by atoms with Crippen LogP contribution in [0.1, 0.15) is 40.5 Å². The van der Waals surface area contributed by atoms with E-state index in [1.54, 1.807) is 47.1 Å². The van der Waals surface area contributed by atoms with Gasteiger partial charge in [0.25, 0.3) is 0 Å². The molecule has 0 aliphatic heterocycles. The zero-order chi connectivity index (χ0) is 20.4. The number of rotatable bonds is 5. The number of hydrogen-bond acceptors (Lipinski definition) is 3. The molecule has 0 bridgehead atoms. The smallest absolute Gasteiger partial charge is 0.246 e. The van der Waals surface area contributed by atoms with Crippen LogP contribution in [0, 0.1) is 5.92 Å². The standard InChI is InChI=1S/C23H22ClN3O2/c1-15-7-9-20-17(11-15)13-27(26-20)14-22(28)25-21-10-8-18(24)12-19(21)23(29)16-5-3-2-4-6-16/h2-6,8,10,12-13,15H,7,9,11,14H2,1H3,(H,25,28)/t15-/m1/s1. The largest absolute Gasteiger partial charge is 0.324 e. The van der Waals surface area contributed by atoms with Gasteiger partial charge in [0, 0.05) is 22.3 Å². The third-order valence-corrected chi connectivity index (χ3v) is 5.44. The summed E-state index contributed by atoms with van der Waals surface area (Å²) in [5, 5.41) is 7.84. The molecule has 29 heavy (non-hydrogen) atoms. The molecule has 1 heterocycles. The average molecular weight is 408 g/mol. The summed E-state index contributed by atoms with van der Waals surface area (Å²) in [6.07, 6.45) is 5.05. The summed E-state index contributed by atoms with van der Waals surface area (Å²) in [5.74, 6) is 0.226. The summed E-state index contributed by atoms with van der Waals surface area (Å²) in [5.41, 5.74) is 3.66. The van der Waals surface area contributed by atoms with Crippen molar-refractivity contribution in [2.75, 3.05) is 5.32 Å². The number of anilines is 1. The molecule has 5 nitrogen and oxygen atoms in total. The number of benzene rings is 2. The maximum absolute atomic E-state index is 12.9. The first-order valence-corrected chi connectivity index (χ1v) is 10.1. The number of amides is 1. The third-order valence-electron chi connectivity index (χ3n) is 5.21. The van der Waals surface area contributed by atoms with E-state index in [0.717, 1.165) is 25.0 Å². The van der Waals surface area contributed by atoms with Crippen molar-refractivity contribution in [3.63, 3.8) is 0 Å². The molecule has 1 atom stereocenters. The van der Waals surface area contributed by atoms with Crippen molar-refractivity contribution in [2.45, 2.75) is 32.7 Å². The van der Waals surface area contributed by atoms with Crippen LogP contribution >= 0.6 is 11.6 Å². The summed E-state index contributed by atoms with van der Waals surface area (Å²) in [4.78, 5) is 25.5. The molecule has 0 fully saturated rings. The van der Waals surface area contributed by atoms with Gasteiger partial charge in [0.05, 0.1) is 11.4 Å². The lowest BCUT2D eigenvalue weighted by Gasteiger charge is -2.15. The van der Waals surface area contributed by atoms with Gasteiger partial charge in [-0.2, -0.15) is 5.10 Å². The van der Waals surface area contributed by atoms with E-state index in [4.69, 9.17) is 11.6 Å². The molecule has 2 aromatic carbocycles. The molecule has 3 aromatic rings. The molecular formula is C23H22ClN3O2. The van der Waals surface area contributed by atoms with Crippen LogP contribution in [0.5, 0.6) is 0 Å². The zero-order valence-electron chi connectivity index (χ0n) is 16.2. The van der Waals surface area contributed by atoms with Crippen LogP contribution in [0.4, 0.5) is 5.69 Å². The number of nitrogens with zero attached hydrogens (tertiary/aromatic N) is 2. The molecule has 6 heteroatoms. The summed E-state index contributed by atoms with van der Waals surface area (Å²) < 4.78 is 1.69. The van der Waals surface area contributed by atoms with Crippen molar-refractivity contribution in [1.82, 2.24) is 9.78 Å². The first-order chi connectivity index (χ1) is 14.0. The molecule has 1 aliphatic carbocycles. The summed E-state index contributed by atoms with van der Waals surface area (Å²) in [6.45, 7) is 2.34. The Bertz CT molecular complexity index is 1060. The molecule has 1 N–H and O–H groups in total. The lowest BCUT2D eigenvalue weighted by molar-refractivity contribution is -0.116. The Labute approximate surface area is 174 Å². The summed E-state index contributed by atoms with van der Waals surface area (Å²) in [7, 11) is 0. The van der Waals surface area contributed by atoms with Crippen molar-refractivity contribution in [2.24, 2.45) is 5.92 Å². The highest BCUT2D eigenvalue weighted by molar-refractivity contribution is 6.31. The van der Waals surface area contributed by atoms with Crippen molar-refractivity contribution in [3.8, 4) is 0 Å². The normalized spacial score (nSPS) is 15.6. The van der Waals surface area contributed by atoms with Crippen molar-refractivity contribution in [1.29, 1.82) is 0 Å². The van der Waals surface area contributed by atoms with Gasteiger partial charge in [0.1, 0.15) is 6.54 Å². The first kappa shape index (κ1) is 19.4. The number of carbonyl (C=O) groups is 2. The molecule has 0 unspecified atom stereocenters. The fourth-order valence-electron chi connectivity index (χ4n) is 3.72. The molecule has 1 amide bonds. The fraction of sp³-hybridized carbons (Fsp3) is 0.261. The highest BCUT2D eigenvalue weighted by atomic mass is 35.5. The lowest BCUT2D eigenvalue weighted by atomic mass is 9.89. The summed E-state index contributed by atoms with van der Waals surface area (Å²) in [6, 6.07) is 13.8. The van der Waals surface area contributed by atoms with E-state index >= 15 is 0 Å². The third kappa shape index (κ3) is 4.40. The number of hydrogen-bond donors (Lipinski definition) is 1. The second-order valence-corrected chi connectivity index (χ2v) is 8.02. The Morgan fingerprint density at radius 1 is 1.21 bits per heavy atom. The Morgan fingerprint density at radius 2 is 2.00 bits per heavy atom. The van der Waals surface area contributed by atoms with Gasteiger partial charge in [-0.3, -0.25) is 14.3 Å². The minimum Gasteiger partial charge on any atom is -0.324 e. The number of aromatic nitrogens is 2. The topological polar surface area (TPSA) is 64.0 Å². The van der Waals surface area contributed by atoms with E-state index in [9.17, 15) is 9.59 Å². The van der Waals surface area contributed by atoms with Gasteiger partial charge in [0.2, 0.25) is 5.91 Å². The quantitative estimate of drug-likeness (QED) is 0.632. The highest BCUT2D eigenvalue weighted by Gasteiger charge is 2.20. The Morgan fingerprint density at radius 3 is 2.79 bits per heavy atom. The van der Waals surface area contributed by atoms with E-state index in [0.29, 0.717) is 27.8 Å². The van der Waals surface area contributed by atoms with E-state index in [2.05, 4.69) is 17.3 Å². The molecule has 1 aromatic heterocycles. The summed E-state index contributed by atoms with van der Waals surface area (Å²) >= 11 is 6.11. The Balaban J connectivity index is 1.52. The van der Waals surface area contributed by atoms with Crippen LogP contribution in [0.2, 0.25) is 5.02 Å². The van der Waals surface area contributed by atoms with Crippen molar-refractivity contribution in [3.05, 3.63) is 82.1 Å². The maximum Gasteiger partial charge on any atom is 0.246 e. The molecule has 0 radical (unpaired) electrons. The lowest BCUT2D eigenvalue weighted by Crippen LogP contribution is -2.21. The van der Waals surface area contributed by atoms with Gasteiger partial charge in [-0.25, -0.2) is 0 Å². The molecule has 4 rings (SSSR count). The average Bonchev–Trinajstić information content (AvgIpc) is 3.10. The molecule has 0 spiro atoms. The second kappa shape index (κ2) is 8.21. The predicted octanol–water partition coefficient (Wildman–Crippen LogP) is 4.53. The van der Waals surface area contributed by atoms with Crippen LogP contribution in [-0.4, -0.2) is 21.5 Å². The first-order valence-electron chi connectivity index (χ1n) is 9.74. The van der Waals surface area contributed by atoms with Gasteiger partial charge in [-0.05, 0) is 48.9 Å². The van der Waals surface area contributed by atoms with E-state index < -0.39 is 0 Å². The van der Waals surface area contributed by atoms with E-state index in [1.165, 1.54) is 5.56 Å². The number of ketones is 1. The van der Waals surface area contributed by atoms with Gasteiger partial charge < -0.3 is 5.32 Å². The van der Waals surface area contributed by atoms with Crippen LogP contribution in [0.15, 0.2) is 54.7 Å². The van der Waals surface area contributed by atoms with Gasteiger partial charge in [-0.15, -0.1) is 0 Å². The van der Waals surface area contributed by atoms with E-state index in [1.807, 2.05) is 12.3 Å². The predicted molar refractivity (Wildman–Crippen MR) is 113 cm³/mol. The molecule has 0 saturated heterocycles. The monoisotopic (exact) mass is 407 g/mol. The molecule has 0 saturated carbocycles. The Kier molecular flexibility index (Phi) is 5.49. The molecular weight excluding hydrogens is 386 g/mol. The van der Waals surface area contributed by atoms with Crippen LogP contribution in [0.25, 0.3) is 0 Å². The van der Waals surface area contributed by atoms with E-state index in [-0.39, 0.29) is 18.2 Å². The number of halogens is 1. The number of nitrogens with one attached hydrogen (secondary N) is 1. The van der Waals surface area contributed by atoms with Gasteiger partial charge in [-0.1, -0.05) is 48.9 Å².